The fourth-order valence-corrected chi connectivity index (χ4v) is 9.48. The van der Waals surface area contributed by atoms with Crippen LogP contribution in [0.1, 0.15) is 33.4 Å². The summed E-state index contributed by atoms with van der Waals surface area (Å²) in [4.78, 5) is 0. The molecule has 0 aliphatic heterocycles. The topological polar surface area (TPSA) is 0 Å². The molecular weight excluding hydrogens is 721 g/mol. The van der Waals surface area contributed by atoms with E-state index in [2.05, 4.69) is 243 Å². The SMILES string of the molecule is c1ccc(C2=C3C(=C(c4ccccc4)c4cc(-c5ccccc5)c(-c5ccccc5)cc43)C(c3ccccc3-c3ccccc3)=C2c2ccccc2-c2ccccc2)cc1. The van der Waals surface area contributed by atoms with E-state index in [0.29, 0.717) is 0 Å². The van der Waals surface area contributed by atoms with Crippen LogP contribution in [0, 0.1) is 0 Å². The average Bonchev–Trinajstić information content (AvgIpc) is 3.85. The Morgan fingerprint density at radius 3 is 0.767 bits per heavy atom. The molecule has 280 valence electrons. The third kappa shape index (κ3) is 6.01. The van der Waals surface area contributed by atoms with E-state index in [-0.39, 0.29) is 0 Å². The van der Waals surface area contributed by atoms with Gasteiger partial charge in [0.2, 0.25) is 0 Å². The van der Waals surface area contributed by atoms with E-state index in [1.54, 1.807) is 0 Å². The van der Waals surface area contributed by atoms with Crippen molar-refractivity contribution in [3.8, 4) is 44.5 Å². The fourth-order valence-electron chi connectivity index (χ4n) is 9.48. The highest BCUT2D eigenvalue weighted by Gasteiger charge is 2.41. The second-order valence-corrected chi connectivity index (χ2v) is 15.5. The lowest BCUT2D eigenvalue weighted by atomic mass is 9.81. The van der Waals surface area contributed by atoms with Gasteiger partial charge in [-0.15, -0.1) is 0 Å². The van der Waals surface area contributed by atoms with Crippen molar-refractivity contribution in [3.05, 3.63) is 282 Å². The molecule has 0 bridgehead atoms. The number of allylic oxidation sites excluding steroid dienone is 5. The van der Waals surface area contributed by atoms with Gasteiger partial charge in [0, 0.05) is 0 Å². The molecule has 60 heavy (non-hydrogen) atoms. The van der Waals surface area contributed by atoms with Crippen molar-refractivity contribution < 1.29 is 0 Å². The van der Waals surface area contributed by atoms with Gasteiger partial charge in [0.1, 0.15) is 0 Å². The van der Waals surface area contributed by atoms with Gasteiger partial charge in [-0.3, -0.25) is 0 Å². The molecule has 2 aliphatic rings. The molecule has 0 atom stereocenters. The summed E-state index contributed by atoms with van der Waals surface area (Å²) in [6, 6.07) is 88.8. The van der Waals surface area contributed by atoms with Crippen LogP contribution in [-0.2, 0) is 0 Å². The van der Waals surface area contributed by atoms with Crippen molar-refractivity contribution in [2.24, 2.45) is 0 Å². The second-order valence-electron chi connectivity index (χ2n) is 15.5. The van der Waals surface area contributed by atoms with Gasteiger partial charge >= 0.3 is 0 Å². The first kappa shape index (κ1) is 35.4. The molecule has 0 saturated carbocycles. The van der Waals surface area contributed by atoms with Crippen molar-refractivity contribution in [2.75, 3.05) is 0 Å². The molecule has 0 fully saturated rings. The van der Waals surface area contributed by atoms with Crippen LogP contribution in [0.25, 0.3) is 72.4 Å². The fraction of sp³-hybridized carbons (Fsp3) is 0. The van der Waals surface area contributed by atoms with Crippen LogP contribution >= 0.6 is 0 Å². The van der Waals surface area contributed by atoms with Gasteiger partial charge < -0.3 is 0 Å². The first-order chi connectivity index (χ1) is 29.8. The van der Waals surface area contributed by atoms with Crippen LogP contribution in [0.15, 0.2) is 248 Å². The molecular formula is C60H40. The maximum Gasteiger partial charge on any atom is -0.000115 e. The minimum atomic E-state index is 1.20. The van der Waals surface area contributed by atoms with Gasteiger partial charge in [0.15, 0.2) is 0 Å². The van der Waals surface area contributed by atoms with Gasteiger partial charge in [0.05, 0.1) is 0 Å². The van der Waals surface area contributed by atoms with Crippen LogP contribution in [-0.4, -0.2) is 0 Å². The van der Waals surface area contributed by atoms with Gasteiger partial charge in [0.25, 0.3) is 0 Å². The molecule has 0 unspecified atom stereocenters. The maximum absolute atomic E-state index is 2.49. The van der Waals surface area contributed by atoms with E-state index >= 15 is 0 Å². The predicted octanol–water partition coefficient (Wildman–Crippen LogP) is 15.7. The van der Waals surface area contributed by atoms with Gasteiger partial charge in [-0.25, -0.2) is 0 Å². The molecule has 0 spiro atoms. The largest absolute Gasteiger partial charge is 0.0622 e. The summed E-state index contributed by atoms with van der Waals surface area (Å²) in [6.07, 6.45) is 0. The average molecular weight is 761 g/mol. The molecule has 0 amide bonds. The molecule has 0 saturated heterocycles. The van der Waals surface area contributed by atoms with Gasteiger partial charge in [-0.05, 0) is 123 Å². The highest BCUT2D eigenvalue weighted by atomic mass is 14.4. The number of fused-ring (bicyclic) bond motifs is 3. The smallest absolute Gasteiger partial charge is 0.000115 e. The molecule has 0 radical (unpaired) electrons. The number of hydrogen-bond acceptors (Lipinski definition) is 0. The van der Waals surface area contributed by atoms with Crippen molar-refractivity contribution >= 4 is 27.9 Å². The van der Waals surface area contributed by atoms with Crippen LogP contribution < -0.4 is 0 Å². The number of benzene rings is 9. The van der Waals surface area contributed by atoms with E-state index in [1.165, 1.54) is 111 Å². The van der Waals surface area contributed by atoms with Crippen LogP contribution in [0.4, 0.5) is 0 Å². The Morgan fingerprint density at radius 2 is 0.383 bits per heavy atom. The molecule has 0 N–H and O–H groups in total. The minimum Gasteiger partial charge on any atom is -0.0622 e. The lowest BCUT2D eigenvalue weighted by molar-refractivity contribution is 1.51. The van der Waals surface area contributed by atoms with E-state index in [0.717, 1.165) is 0 Å². The summed E-state index contributed by atoms with van der Waals surface area (Å²) >= 11 is 0. The Bertz CT molecular complexity index is 3120. The molecule has 9 aromatic carbocycles. The highest BCUT2D eigenvalue weighted by molar-refractivity contribution is 6.40. The Morgan fingerprint density at radius 1 is 0.133 bits per heavy atom. The van der Waals surface area contributed by atoms with Crippen molar-refractivity contribution in [2.45, 2.75) is 0 Å². The summed E-state index contributed by atoms with van der Waals surface area (Å²) in [6.45, 7) is 0. The number of rotatable bonds is 8. The normalized spacial score (nSPS) is 13.1. The molecule has 0 heterocycles. The maximum atomic E-state index is 2.49. The zero-order valence-electron chi connectivity index (χ0n) is 33.1. The zero-order chi connectivity index (χ0) is 39.8. The predicted molar refractivity (Wildman–Crippen MR) is 254 cm³/mol. The van der Waals surface area contributed by atoms with Crippen molar-refractivity contribution in [1.29, 1.82) is 0 Å². The van der Waals surface area contributed by atoms with Crippen LogP contribution in [0.5, 0.6) is 0 Å². The van der Waals surface area contributed by atoms with Gasteiger partial charge in [-0.1, -0.05) is 231 Å². The molecule has 11 rings (SSSR count). The third-order valence-corrected chi connectivity index (χ3v) is 12.1. The molecule has 0 aromatic heterocycles. The lowest BCUT2D eigenvalue weighted by Crippen LogP contribution is -1.99. The van der Waals surface area contributed by atoms with Crippen molar-refractivity contribution in [3.63, 3.8) is 0 Å². The zero-order valence-corrected chi connectivity index (χ0v) is 33.1. The summed E-state index contributed by atoms with van der Waals surface area (Å²) in [5, 5.41) is 0. The lowest BCUT2D eigenvalue weighted by Gasteiger charge is -2.21. The van der Waals surface area contributed by atoms with Gasteiger partial charge in [-0.2, -0.15) is 0 Å². The first-order valence-corrected chi connectivity index (χ1v) is 20.8. The first-order valence-electron chi connectivity index (χ1n) is 20.8. The molecule has 2 aliphatic carbocycles. The molecule has 9 aromatic rings. The van der Waals surface area contributed by atoms with Crippen molar-refractivity contribution in [1.82, 2.24) is 0 Å². The molecule has 0 heteroatoms. The Hall–Kier alpha value is -7.80. The Kier molecular flexibility index (Phi) is 8.95. The van der Waals surface area contributed by atoms with E-state index in [9.17, 15) is 0 Å². The van der Waals surface area contributed by atoms with E-state index < -0.39 is 0 Å². The summed E-state index contributed by atoms with van der Waals surface area (Å²) in [7, 11) is 0. The van der Waals surface area contributed by atoms with Crippen LogP contribution in [0.2, 0.25) is 0 Å². The third-order valence-electron chi connectivity index (χ3n) is 12.1. The monoisotopic (exact) mass is 760 g/mol. The quantitative estimate of drug-likeness (QED) is 0.145. The highest BCUT2D eigenvalue weighted by Crippen LogP contribution is 2.63. The second kappa shape index (κ2) is 15.2. The number of hydrogen-bond donors (Lipinski definition) is 0. The van der Waals surface area contributed by atoms with Crippen LogP contribution in [0.3, 0.4) is 0 Å². The summed E-state index contributed by atoms with van der Waals surface area (Å²) in [5.41, 5.74) is 24.6. The summed E-state index contributed by atoms with van der Waals surface area (Å²) in [5.74, 6) is 0. The minimum absolute atomic E-state index is 1.20. The Labute approximate surface area is 352 Å². The summed E-state index contributed by atoms with van der Waals surface area (Å²) < 4.78 is 0. The Balaban J connectivity index is 1.35. The van der Waals surface area contributed by atoms with E-state index in [4.69, 9.17) is 0 Å². The van der Waals surface area contributed by atoms with E-state index in [1.807, 2.05) is 0 Å². The molecule has 0 nitrogen and oxygen atoms in total. The standard InChI is InChI=1S/C60H40/c1-7-23-41(24-8-1)47-35-19-21-37-49(47)57-56(46-33-17-6-18-34-46)59-54-40-52(44-29-13-4-14-30-44)51(43-27-11-3-12-28-43)39-53(54)55(45-31-15-5-16-32-45)60(59)58(57)50-38-22-20-36-48(50)42-25-9-2-10-26-42/h1-40H.